The lowest BCUT2D eigenvalue weighted by atomic mass is 9.93. The van der Waals surface area contributed by atoms with Gasteiger partial charge in [0.05, 0.1) is 5.92 Å². The van der Waals surface area contributed by atoms with Crippen LogP contribution in [0, 0.1) is 0 Å². The van der Waals surface area contributed by atoms with E-state index >= 15 is 0 Å². The maximum Gasteiger partial charge on any atom is 0.573 e. The normalized spacial score (nSPS) is 14.1. The lowest BCUT2D eigenvalue weighted by Gasteiger charge is -2.21. The lowest BCUT2D eigenvalue weighted by Crippen LogP contribution is -2.30. The van der Waals surface area contributed by atoms with Crippen LogP contribution < -0.4 is 10.5 Å². The number of hydrogen-bond acceptors (Lipinski definition) is 4. The molecule has 0 saturated carbocycles. The Labute approximate surface area is 184 Å². The van der Waals surface area contributed by atoms with Crippen molar-refractivity contribution in [3.63, 3.8) is 0 Å². The first-order chi connectivity index (χ1) is 14.9. The summed E-state index contributed by atoms with van der Waals surface area (Å²) in [4.78, 5) is 10.7. The first kappa shape index (κ1) is 25.9. The Bertz CT molecular complexity index is 869. The molecule has 0 aliphatic carbocycles. The summed E-state index contributed by atoms with van der Waals surface area (Å²) in [5.41, 5.74) is 6.51. The van der Waals surface area contributed by atoms with Gasteiger partial charge in [-0.3, -0.25) is 4.79 Å². The van der Waals surface area contributed by atoms with Gasteiger partial charge in [-0.25, -0.2) is 0 Å². The average molecular weight is 481 g/mol. The molecule has 0 aliphatic rings. The van der Waals surface area contributed by atoms with E-state index in [1.807, 2.05) is 0 Å². The smallest absolute Gasteiger partial charge is 0.480 e. The van der Waals surface area contributed by atoms with Gasteiger partial charge in [-0.05, 0) is 53.2 Å². The number of carboxylic acid groups (broad SMARTS) is 1. The van der Waals surface area contributed by atoms with E-state index in [0.29, 0.717) is 16.9 Å². The van der Waals surface area contributed by atoms with E-state index in [0.717, 1.165) is 12.1 Å². The molecule has 0 amide bonds. The number of thioether (sulfide) groups is 1. The molecule has 2 atom stereocenters. The molecule has 176 valence electrons. The highest BCUT2D eigenvalue weighted by Gasteiger charge is 2.40. The molecule has 0 radical (unpaired) electrons. The van der Waals surface area contributed by atoms with Crippen LogP contribution in [0.15, 0.2) is 48.5 Å². The summed E-state index contributed by atoms with van der Waals surface area (Å²) in [6, 6.07) is 9.64. The topological polar surface area (TPSA) is 72.5 Å². The highest BCUT2D eigenvalue weighted by molar-refractivity contribution is 7.99. The Kier molecular flexibility index (Phi) is 8.85. The van der Waals surface area contributed by atoms with Crippen LogP contribution in [0.25, 0.3) is 11.1 Å². The summed E-state index contributed by atoms with van der Waals surface area (Å²) in [6.45, 7) is 0. The third-order valence-electron chi connectivity index (χ3n) is 4.57. The SMILES string of the molecule is NC(CCSCCC(c1ccc(-c2ccc(OC(F)(F)F)cc2)cc1)C(F)(F)F)C(=O)O. The second-order valence-electron chi connectivity index (χ2n) is 6.92. The minimum absolute atomic E-state index is 0.0705. The number of hydrogen-bond donors (Lipinski definition) is 2. The number of alkyl halides is 6. The second kappa shape index (κ2) is 11.0. The molecule has 2 rings (SSSR count). The van der Waals surface area contributed by atoms with E-state index in [-0.39, 0.29) is 24.2 Å². The molecule has 4 nitrogen and oxygen atoms in total. The fraction of sp³-hybridized carbons (Fsp3) is 0.381. The predicted octanol–water partition coefficient (Wildman–Crippen LogP) is 5.82. The van der Waals surface area contributed by atoms with Crippen molar-refractivity contribution >= 4 is 17.7 Å². The molecule has 2 unspecified atom stereocenters. The van der Waals surface area contributed by atoms with Crippen LogP contribution in [0.3, 0.4) is 0 Å². The van der Waals surface area contributed by atoms with E-state index < -0.39 is 36.2 Å². The summed E-state index contributed by atoms with van der Waals surface area (Å²) in [6.07, 6.45) is -9.29. The Morgan fingerprint density at radius 1 is 0.906 bits per heavy atom. The number of ether oxygens (including phenoxy) is 1. The van der Waals surface area contributed by atoms with Gasteiger partial charge in [0.2, 0.25) is 0 Å². The molecular weight excluding hydrogens is 460 g/mol. The quantitative estimate of drug-likeness (QED) is 0.330. The third kappa shape index (κ3) is 8.27. The van der Waals surface area contributed by atoms with Crippen molar-refractivity contribution in [1.29, 1.82) is 0 Å². The van der Waals surface area contributed by atoms with Crippen LogP contribution in [0.4, 0.5) is 26.3 Å². The van der Waals surface area contributed by atoms with Crippen molar-refractivity contribution in [3.05, 3.63) is 54.1 Å². The first-order valence-electron chi connectivity index (χ1n) is 9.46. The number of carbonyl (C=O) groups is 1. The number of nitrogens with two attached hydrogens (primary N) is 1. The zero-order valence-electron chi connectivity index (χ0n) is 16.6. The van der Waals surface area contributed by atoms with Crippen molar-refractivity contribution in [1.82, 2.24) is 0 Å². The molecule has 0 aromatic heterocycles. The van der Waals surface area contributed by atoms with Crippen LogP contribution in [0.2, 0.25) is 0 Å². The van der Waals surface area contributed by atoms with E-state index in [1.54, 1.807) is 0 Å². The number of halogens is 6. The van der Waals surface area contributed by atoms with Crippen molar-refractivity contribution in [2.75, 3.05) is 11.5 Å². The average Bonchev–Trinajstić information content (AvgIpc) is 2.69. The van der Waals surface area contributed by atoms with Gasteiger partial charge in [-0.2, -0.15) is 24.9 Å². The molecule has 2 aromatic rings. The second-order valence-corrected chi connectivity index (χ2v) is 8.15. The van der Waals surface area contributed by atoms with E-state index in [4.69, 9.17) is 10.8 Å². The van der Waals surface area contributed by atoms with Gasteiger partial charge < -0.3 is 15.6 Å². The van der Waals surface area contributed by atoms with Gasteiger partial charge in [0.25, 0.3) is 0 Å². The Balaban J connectivity index is 2.01. The Morgan fingerprint density at radius 2 is 1.41 bits per heavy atom. The number of carboxylic acids is 1. The molecule has 0 saturated heterocycles. The highest BCUT2D eigenvalue weighted by Crippen LogP contribution is 2.39. The minimum atomic E-state index is -4.81. The molecule has 3 N–H and O–H groups in total. The standard InChI is InChI=1S/C21H21F6NO3S/c22-20(23,24)17(9-11-32-12-10-18(28)19(29)30)15-3-1-13(2-4-15)14-5-7-16(8-6-14)31-21(25,26)27/h1-8,17-18H,9-12,28H2,(H,29,30). The Morgan fingerprint density at radius 3 is 1.88 bits per heavy atom. The van der Waals surface area contributed by atoms with Crippen molar-refractivity contribution in [2.45, 2.75) is 37.3 Å². The molecule has 32 heavy (non-hydrogen) atoms. The molecule has 0 spiro atoms. The van der Waals surface area contributed by atoms with Gasteiger partial charge in [-0.15, -0.1) is 13.2 Å². The van der Waals surface area contributed by atoms with Gasteiger partial charge in [0.1, 0.15) is 11.8 Å². The zero-order chi connectivity index (χ0) is 23.9. The summed E-state index contributed by atoms with van der Waals surface area (Å²) < 4.78 is 81.1. The maximum atomic E-state index is 13.5. The summed E-state index contributed by atoms with van der Waals surface area (Å²) in [7, 11) is 0. The fourth-order valence-electron chi connectivity index (χ4n) is 2.91. The van der Waals surface area contributed by atoms with Gasteiger partial charge in [0, 0.05) is 0 Å². The molecule has 0 heterocycles. The van der Waals surface area contributed by atoms with Gasteiger partial charge >= 0.3 is 18.5 Å². The monoisotopic (exact) mass is 481 g/mol. The summed E-state index contributed by atoms with van der Waals surface area (Å²) >= 11 is 1.21. The van der Waals surface area contributed by atoms with Crippen molar-refractivity contribution < 1.29 is 41.0 Å². The van der Waals surface area contributed by atoms with Crippen LogP contribution in [0.1, 0.15) is 24.3 Å². The van der Waals surface area contributed by atoms with Crippen LogP contribution in [0.5, 0.6) is 5.75 Å². The number of aliphatic carboxylic acids is 1. The van der Waals surface area contributed by atoms with Crippen LogP contribution >= 0.6 is 11.8 Å². The van der Waals surface area contributed by atoms with Crippen molar-refractivity contribution in [2.24, 2.45) is 5.73 Å². The van der Waals surface area contributed by atoms with E-state index in [9.17, 15) is 31.1 Å². The highest BCUT2D eigenvalue weighted by atomic mass is 32.2. The molecule has 0 fully saturated rings. The minimum Gasteiger partial charge on any atom is -0.480 e. The molecule has 0 bridgehead atoms. The van der Waals surface area contributed by atoms with Crippen LogP contribution in [-0.2, 0) is 4.79 Å². The largest absolute Gasteiger partial charge is 0.573 e. The number of benzene rings is 2. The fourth-order valence-corrected chi connectivity index (χ4v) is 3.94. The van der Waals surface area contributed by atoms with Crippen molar-refractivity contribution in [3.8, 4) is 16.9 Å². The van der Waals surface area contributed by atoms with Gasteiger partial charge in [-0.1, -0.05) is 36.4 Å². The van der Waals surface area contributed by atoms with E-state index in [1.165, 1.54) is 48.2 Å². The van der Waals surface area contributed by atoms with Crippen LogP contribution in [-0.4, -0.2) is 41.2 Å². The summed E-state index contributed by atoms with van der Waals surface area (Å²) in [5.74, 6) is -2.72. The van der Waals surface area contributed by atoms with Gasteiger partial charge in [0.15, 0.2) is 0 Å². The number of rotatable bonds is 10. The molecule has 11 heteroatoms. The zero-order valence-corrected chi connectivity index (χ0v) is 17.4. The molecule has 2 aromatic carbocycles. The molecular formula is C21H21F6NO3S. The Hall–Kier alpha value is -2.40. The lowest BCUT2D eigenvalue weighted by molar-refractivity contribution is -0.274. The maximum absolute atomic E-state index is 13.5. The molecule has 0 aliphatic heterocycles. The van der Waals surface area contributed by atoms with E-state index in [2.05, 4.69) is 4.74 Å². The predicted molar refractivity (Wildman–Crippen MR) is 110 cm³/mol. The first-order valence-corrected chi connectivity index (χ1v) is 10.6. The summed E-state index contributed by atoms with van der Waals surface area (Å²) in [5, 5.41) is 8.71. The third-order valence-corrected chi connectivity index (χ3v) is 5.62.